The fourth-order valence-electron chi connectivity index (χ4n) is 2.57. The summed E-state index contributed by atoms with van der Waals surface area (Å²) in [4.78, 5) is 12.7. The van der Waals surface area contributed by atoms with Crippen LogP contribution in [-0.4, -0.2) is 23.1 Å². The maximum atomic E-state index is 8.36. The van der Waals surface area contributed by atoms with Crippen LogP contribution in [0.1, 0.15) is 28.5 Å². The van der Waals surface area contributed by atoms with Crippen LogP contribution in [0, 0.1) is 25.7 Å². The molecule has 2 aromatic carbocycles. The molecule has 0 amide bonds. The van der Waals surface area contributed by atoms with Crippen LogP contribution in [0.15, 0.2) is 71.1 Å². The summed E-state index contributed by atoms with van der Waals surface area (Å²) in [5.41, 5.74) is 4.87. The highest BCUT2D eigenvalue weighted by Crippen LogP contribution is 2.24. The van der Waals surface area contributed by atoms with Crippen molar-refractivity contribution in [3.63, 3.8) is 0 Å². The van der Waals surface area contributed by atoms with Crippen LogP contribution in [0.4, 0.5) is 0 Å². The summed E-state index contributed by atoms with van der Waals surface area (Å²) in [6, 6.07) is 20.8. The fraction of sp³-hybridized carbons (Fsp3) is 0.160. The third-order valence-corrected chi connectivity index (χ3v) is 6.14. The summed E-state index contributed by atoms with van der Waals surface area (Å²) in [5.74, 6) is 6.39. The Hall–Kier alpha value is -2.98. The normalized spacial score (nSPS) is 9.52. The zero-order chi connectivity index (χ0) is 22.5. The van der Waals surface area contributed by atoms with Crippen molar-refractivity contribution in [3.8, 4) is 11.8 Å². The molecule has 0 aliphatic carbocycles. The highest BCUT2D eigenvalue weighted by atomic mass is 32.2. The Bertz CT molecular complexity index is 1140. The molecule has 0 unspecified atom stereocenters. The number of fused-ring (bicyclic) bond motifs is 1. The average molecular weight is 451 g/mol. The number of hydrogen-bond donors (Lipinski definition) is 3. The van der Waals surface area contributed by atoms with Gasteiger partial charge >= 0.3 is 0 Å². The molecule has 4 rings (SSSR count). The van der Waals surface area contributed by atoms with Gasteiger partial charge in [0.1, 0.15) is 0 Å². The quantitative estimate of drug-likeness (QED) is 0.196. The number of aryl methyl sites for hydroxylation is 2. The molecule has 0 bridgehead atoms. The van der Waals surface area contributed by atoms with E-state index in [4.69, 9.17) is 9.90 Å². The monoisotopic (exact) mass is 450 g/mol. The van der Waals surface area contributed by atoms with E-state index in [1.807, 2.05) is 12.3 Å². The van der Waals surface area contributed by atoms with E-state index in [-0.39, 0.29) is 6.47 Å². The predicted molar refractivity (Wildman–Crippen MR) is 133 cm³/mol. The van der Waals surface area contributed by atoms with Crippen LogP contribution in [0.2, 0.25) is 0 Å². The molecule has 2 heterocycles. The van der Waals surface area contributed by atoms with Crippen LogP contribution in [0.25, 0.3) is 10.9 Å². The number of H-pyrrole nitrogens is 1. The summed E-state index contributed by atoms with van der Waals surface area (Å²) in [7, 11) is 0. The lowest BCUT2D eigenvalue weighted by molar-refractivity contribution is -0.122. The number of benzene rings is 2. The van der Waals surface area contributed by atoms with Gasteiger partial charge in [0.2, 0.25) is 0 Å². The minimum absolute atomic E-state index is 0.250. The predicted octanol–water partition coefficient (Wildman–Crippen LogP) is 6.25. The Balaban J connectivity index is 0.000000219. The second kappa shape index (κ2) is 13.3. The molecule has 0 spiro atoms. The topological polar surface area (TPSA) is 65.1 Å². The number of aromatic amines is 1. The van der Waals surface area contributed by atoms with Gasteiger partial charge in [-0.05, 0) is 61.7 Å². The molecule has 0 aliphatic heterocycles. The third kappa shape index (κ3) is 8.35. The summed E-state index contributed by atoms with van der Waals surface area (Å²) in [6.07, 6.45) is 2.03. The molecule has 160 valence electrons. The van der Waals surface area contributed by atoms with E-state index >= 15 is 0 Å². The van der Waals surface area contributed by atoms with Crippen molar-refractivity contribution < 1.29 is 9.90 Å². The standard InChI is InChI=1S/C15H15NS2.C9H9N.CH2O2/c1-3-16-18-15-11-10-14(17-15)9-8-13-6-4-12(2)5-7-13;1-7-6-10-9-5-3-2-4-8(7)9;2-1-3/h4-7,10-11,16H,3H2,1-2H3;2-6,10H,1H3;1H,(H,2,3). The lowest BCUT2D eigenvalue weighted by atomic mass is 10.1. The first-order chi connectivity index (χ1) is 15.1. The number of carbonyl (C=O) groups is 1. The Kier molecular flexibility index (Phi) is 10.5. The maximum absolute atomic E-state index is 8.36. The summed E-state index contributed by atoms with van der Waals surface area (Å²) < 4.78 is 4.49. The number of aromatic nitrogens is 1. The Morgan fingerprint density at radius 1 is 1.06 bits per heavy atom. The molecule has 0 saturated carbocycles. The van der Waals surface area contributed by atoms with E-state index in [1.165, 1.54) is 26.2 Å². The molecule has 0 atom stereocenters. The van der Waals surface area contributed by atoms with E-state index in [2.05, 4.69) is 96.9 Å². The van der Waals surface area contributed by atoms with Crippen LogP contribution in [0.3, 0.4) is 0 Å². The van der Waals surface area contributed by atoms with Gasteiger partial charge in [-0.15, -0.1) is 11.3 Å². The molecule has 3 N–H and O–H groups in total. The largest absolute Gasteiger partial charge is 0.483 e. The molecule has 2 aromatic heterocycles. The van der Waals surface area contributed by atoms with Crippen molar-refractivity contribution in [1.82, 2.24) is 9.71 Å². The van der Waals surface area contributed by atoms with Crippen molar-refractivity contribution in [2.45, 2.75) is 25.0 Å². The lowest BCUT2D eigenvalue weighted by Gasteiger charge is -1.94. The SMILES string of the molecule is CCNSc1ccc(C#Cc2ccc(C)cc2)s1.Cc1c[nH]c2ccccc12.O=CO. The maximum Gasteiger partial charge on any atom is 0.290 e. The molecule has 31 heavy (non-hydrogen) atoms. The number of para-hydroxylation sites is 1. The molecule has 0 radical (unpaired) electrons. The highest BCUT2D eigenvalue weighted by molar-refractivity contribution is 7.99. The Morgan fingerprint density at radius 3 is 2.45 bits per heavy atom. The molecular formula is C25H26N2O2S2. The Morgan fingerprint density at radius 2 is 1.77 bits per heavy atom. The van der Waals surface area contributed by atoms with Gasteiger partial charge in [0.15, 0.2) is 0 Å². The minimum Gasteiger partial charge on any atom is -0.483 e. The van der Waals surface area contributed by atoms with Crippen molar-refractivity contribution in [2.24, 2.45) is 0 Å². The first-order valence-electron chi connectivity index (χ1n) is 9.76. The van der Waals surface area contributed by atoms with E-state index in [9.17, 15) is 0 Å². The molecule has 0 aliphatic rings. The van der Waals surface area contributed by atoms with Crippen molar-refractivity contribution >= 4 is 40.7 Å². The molecule has 0 saturated heterocycles. The number of rotatable bonds is 3. The molecule has 6 heteroatoms. The first kappa shape index (κ1) is 24.3. The fourth-order valence-corrected chi connectivity index (χ4v) is 4.20. The summed E-state index contributed by atoms with van der Waals surface area (Å²) in [5, 5.41) is 8.21. The number of nitrogens with one attached hydrogen (secondary N) is 2. The van der Waals surface area contributed by atoms with Crippen molar-refractivity contribution in [2.75, 3.05) is 6.54 Å². The number of hydrogen-bond acceptors (Lipinski definition) is 4. The zero-order valence-corrected chi connectivity index (χ0v) is 19.4. The third-order valence-electron chi connectivity index (χ3n) is 4.08. The zero-order valence-electron chi connectivity index (χ0n) is 17.8. The second-order valence-electron chi connectivity index (χ2n) is 6.46. The van der Waals surface area contributed by atoms with Gasteiger partial charge in [-0.1, -0.05) is 54.7 Å². The molecule has 4 nitrogen and oxygen atoms in total. The number of carboxylic acid groups (broad SMARTS) is 1. The van der Waals surface area contributed by atoms with E-state index < -0.39 is 0 Å². The second-order valence-corrected chi connectivity index (χ2v) is 8.73. The van der Waals surface area contributed by atoms with Crippen LogP contribution >= 0.6 is 23.3 Å². The number of thiophene rings is 1. The van der Waals surface area contributed by atoms with Crippen LogP contribution in [-0.2, 0) is 4.79 Å². The van der Waals surface area contributed by atoms with Crippen LogP contribution < -0.4 is 4.72 Å². The average Bonchev–Trinajstić information content (AvgIpc) is 3.40. The van der Waals surface area contributed by atoms with Gasteiger partial charge in [-0.2, -0.15) is 0 Å². The minimum atomic E-state index is -0.250. The smallest absolute Gasteiger partial charge is 0.290 e. The first-order valence-corrected chi connectivity index (χ1v) is 11.4. The van der Waals surface area contributed by atoms with E-state index in [0.29, 0.717) is 0 Å². The summed E-state index contributed by atoms with van der Waals surface area (Å²) >= 11 is 3.39. The van der Waals surface area contributed by atoms with Gasteiger partial charge in [-0.3, -0.25) is 9.52 Å². The molecule has 4 aromatic rings. The Labute approximate surface area is 191 Å². The van der Waals surface area contributed by atoms with E-state index in [0.717, 1.165) is 17.0 Å². The van der Waals surface area contributed by atoms with E-state index in [1.54, 1.807) is 23.3 Å². The molecular weight excluding hydrogens is 424 g/mol. The van der Waals surface area contributed by atoms with Gasteiger partial charge in [-0.25, -0.2) is 0 Å². The van der Waals surface area contributed by atoms with Crippen LogP contribution in [0.5, 0.6) is 0 Å². The van der Waals surface area contributed by atoms with Gasteiger partial charge in [0.05, 0.1) is 9.09 Å². The van der Waals surface area contributed by atoms with Crippen molar-refractivity contribution in [1.29, 1.82) is 0 Å². The lowest BCUT2D eigenvalue weighted by Crippen LogP contribution is -1.98. The van der Waals surface area contributed by atoms with Gasteiger partial charge < -0.3 is 10.1 Å². The van der Waals surface area contributed by atoms with Gasteiger partial charge in [0.25, 0.3) is 6.47 Å². The van der Waals surface area contributed by atoms with Gasteiger partial charge in [0, 0.05) is 29.2 Å². The summed E-state index contributed by atoms with van der Waals surface area (Å²) in [6.45, 7) is 7.01. The highest BCUT2D eigenvalue weighted by Gasteiger charge is 1.97. The van der Waals surface area contributed by atoms with Crippen molar-refractivity contribution in [3.05, 3.63) is 88.4 Å². The molecule has 0 fully saturated rings.